The fraction of sp³-hybridized carbons (Fsp3) is 0.105. The van der Waals surface area contributed by atoms with Crippen LogP contribution in [0.1, 0.15) is 5.56 Å². The van der Waals surface area contributed by atoms with Gasteiger partial charge in [0.1, 0.15) is 12.3 Å². The van der Waals surface area contributed by atoms with Crippen molar-refractivity contribution in [2.24, 2.45) is 10.8 Å². The summed E-state index contributed by atoms with van der Waals surface area (Å²) in [7, 11) is 0. The van der Waals surface area contributed by atoms with Crippen LogP contribution in [-0.2, 0) is 16.1 Å². The molecule has 0 saturated carbocycles. The summed E-state index contributed by atoms with van der Waals surface area (Å²) >= 11 is 5.79. The highest BCUT2D eigenvalue weighted by atomic mass is 35.5. The number of halogens is 1. The summed E-state index contributed by atoms with van der Waals surface area (Å²) in [6.45, 7) is -0.113. The van der Waals surface area contributed by atoms with Gasteiger partial charge in [-0.15, -0.1) is 0 Å². The number of primary amides is 1. The van der Waals surface area contributed by atoms with Crippen LogP contribution >= 0.6 is 11.6 Å². The van der Waals surface area contributed by atoms with Gasteiger partial charge in [0, 0.05) is 27.7 Å². The zero-order chi connectivity index (χ0) is 19.2. The fourth-order valence-electron chi connectivity index (χ4n) is 2.56. The van der Waals surface area contributed by atoms with Crippen molar-refractivity contribution in [3.63, 3.8) is 0 Å². The highest BCUT2D eigenvalue weighted by Gasteiger charge is 2.08. The largest absolute Gasteiger partial charge is 0.484 e. The van der Waals surface area contributed by atoms with E-state index < -0.39 is 11.8 Å². The number of hydrazone groups is 1. The predicted octanol–water partition coefficient (Wildman–Crippen LogP) is 2.31. The number of carbonyl (C=O) groups excluding carboxylic acids is 2. The lowest BCUT2D eigenvalue weighted by Crippen LogP contribution is -2.24. The van der Waals surface area contributed by atoms with Crippen LogP contribution < -0.4 is 15.9 Å². The van der Waals surface area contributed by atoms with E-state index in [0.717, 1.165) is 16.5 Å². The first-order valence-corrected chi connectivity index (χ1v) is 8.47. The molecular weight excluding hydrogens is 368 g/mol. The monoisotopic (exact) mass is 384 g/mol. The van der Waals surface area contributed by atoms with Gasteiger partial charge in [-0.25, -0.2) is 5.43 Å². The Morgan fingerprint density at radius 2 is 1.93 bits per heavy atom. The molecule has 0 saturated heterocycles. The molecule has 2 aromatic carbocycles. The fourth-order valence-corrected chi connectivity index (χ4v) is 2.69. The summed E-state index contributed by atoms with van der Waals surface area (Å²) in [6, 6.07) is 14.2. The van der Waals surface area contributed by atoms with E-state index in [9.17, 15) is 9.59 Å². The smallest absolute Gasteiger partial charge is 0.277 e. The van der Waals surface area contributed by atoms with Gasteiger partial charge >= 0.3 is 0 Å². The lowest BCUT2D eigenvalue weighted by molar-refractivity contribution is -0.123. The number of amides is 2. The number of hydrogen-bond donors (Lipinski definition) is 2. The normalized spacial score (nSPS) is 11.0. The minimum Gasteiger partial charge on any atom is -0.484 e. The third-order valence-corrected chi connectivity index (χ3v) is 3.97. The highest BCUT2D eigenvalue weighted by molar-refractivity contribution is 6.30. The number of ether oxygens (including phenoxy) is 1. The summed E-state index contributed by atoms with van der Waals surface area (Å²) in [6.07, 6.45) is 3.27. The second-order valence-corrected chi connectivity index (χ2v) is 6.17. The van der Waals surface area contributed by atoms with E-state index in [0.29, 0.717) is 10.8 Å². The van der Waals surface area contributed by atoms with Gasteiger partial charge in [0.15, 0.2) is 6.61 Å². The molecule has 1 heterocycles. The maximum atomic E-state index is 11.8. The Hall–Kier alpha value is -3.32. The lowest BCUT2D eigenvalue weighted by Gasteiger charge is -2.04. The first-order valence-electron chi connectivity index (χ1n) is 8.09. The maximum absolute atomic E-state index is 11.8. The maximum Gasteiger partial charge on any atom is 0.277 e. The molecule has 27 heavy (non-hydrogen) atoms. The van der Waals surface area contributed by atoms with Crippen molar-refractivity contribution in [1.29, 1.82) is 0 Å². The molecule has 0 aliphatic rings. The second-order valence-electron chi connectivity index (χ2n) is 5.73. The third-order valence-electron chi connectivity index (χ3n) is 3.72. The molecule has 3 N–H and O–H groups in total. The summed E-state index contributed by atoms with van der Waals surface area (Å²) < 4.78 is 7.08. The second kappa shape index (κ2) is 8.37. The van der Waals surface area contributed by atoms with Crippen LogP contribution in [0.15, 0.2) is 59.8 Å². The van der Waals surface area contributed by atoms with Gasteiger partial charge in [-0.05, 0) is 30.3 Å². The molecule has 3 aromatic rings. The molecule has 0 aliphatic carbocycles. The average Bonchev–Trinajstić information content (AvgIpc) is 2.98. The number of fused-ring (bicyclic) bond motifs is 1. The lowest BCUT2D eigenvalue weighted by atomic mass is 10.2. The number of aromatic nitrogens is 1. The van der Waals surface area contributed by atoms with E-state index >= 15 is 0 Å². The molecule has 2 amide bonds. The Morgan fingerprint density at radius 3 is 2.67 bits per heavy atom. The Kier molecular flexibility index (Phi) is 5.73. The van der Waals surface area contributed by atoms with Crippen LogP contribution in [0.4, 0.5) is 0 Å². The van der Waals surface area contributed by atoms with Crippen LogP contribution in [0, 0.1) is 0 Å². The molecule has 138 valence electrons. The Balaban J connectivity index is 1.63. The third kappa shape index (κ3) is 4.86. The van der Waals surface area contributed by atoms with E-state index in [1.807, 2.05) is 24.3 Å². The number of carbonyl (C=O) groups is 2. The summed E-state index contributed by atoms with van der Waals surface area (Å²) in [5, 5.41) is 5.44. The molecule has 0 fully saturated rings. The topological polar surface area (TPSA) is 98.7 Å². The van der Waals surface area contributed by atoms with E-state index in [-0.39, 0.29) is 13.2 Å². The minimum atomic E-state index is -0.438. The molecule has 7 nitrogen and oxygen atoms in total. The first kappa shape index (κ1) is 18.5. The van der Waals surface area contributed by atoms with Crippen LogP contribution in [0.5, 0.6) is 5.75 Å². The number of nitrogens with one attached hydrogen (secondary N) is 1. The zero-order valence-electron chi connectivity index (χ0n) is 14.3. The van der Waals surface area contributed by atoms with Crippen molar-refractivity contribution in [2.75, 3.05) is 6.61 Å². The Morgan fingerprint density at radius 1 is 1.19 bits per heavy atom. The SMILES string of the molecule is NC(=O)Cn1cc(C=NNC(=O)COc2ccc(Cl)cc2)c2ccccc21. The van der Waals surface area contributed by atoms with Crippen LogP contribution in [0.25, 0.3) is 10.9 Å². The number of nitrogens with two attached hydrogens (primary N) is 1. The van der Waals surface area contributed by atoms with Crippen molar-refractivity contribution < 1.29 is 14.3 Å². The standard InChI is InChI=1S/C19H17ClN4O3/c20-14-5-7-15(8-6-14)27-12-19(26)23-22-9-13-10-24(11-18(21)25)17-4-2-1-3-16(13)17/h1-10H,11-12H2,(H2,21,25)(H,23,26). The van der Waals surface area contributed by atoms with Gasteiger partial charge in [-0.2, -0.15) is 5.10 Å². The van der Waals surface area contributed by atoms with E-state index in [4.69, 9.17) is 22.1 Å². The van der Waals surface area contributed by atoms with Gasteiger partial charge in [-0.1, -0.05) is 29.8 Å². The molecule has 0 spiro atoms. The van der Waals surface area contributed by atoms with Gasteiger partial charge in [-0.3, -0.25) is 9.59 Å². The van der Waals surface area contributed by atoms with Crippen molar-refractivity contribution >= 4 is 40.5 Å². The van der Waals surface area contributed by atoms with E-state index in [1.54, 1.807) is 35.0 Å². The first-order chi connectivity index (χ1) is 13.0. The summed E-state index contributed by atoms with van der Waals surface area (Å²) in [4.78, 5) is 23.1. The Labute approximate surface area is 160 Å². The van der Waals surface area contributed by atoms with Gasteiger partial charge < -0.3 is 15.0 Å². The van der Waals surface area contributed by atoms with E-state index in [1.165, 1.54) is 6.21 Å². The van der Waals surface area contributed by atoms with Gasteiger partial charge in [0.2, 0.25) is 5.91 Å². The van der Waals surface area contributed by atoms with E-state index in [2.05, 4.69) is 10.5 Å². The van der Waals surface area contributed by atoms with Gasteiger partial charge in [0.05, 0.1) is 6.21 Å². The molecular formula is C19H17ClN4O3. The molecule has 0 radical (unpaired) electrons. The molecule has 8 heteroatoms. The van der Waals surface area contributed by atoms with Gasteiger partial charge in [0.25, 0.3) is 5.91 Å². The summed E-state index contributed by atoms with van der Waals surface area (Å²) in [5.41, 5.74) is 9.30. The number of benzene rings is 2. The number of nitrogens with zero attached hydrogens (tertiary/aromatic N) is 2. The van der Waals surface area contributed by atoms with Crippen LogP contribution in [0.2, 0.25) is 5.02 Å². The summed E-state index contributed by atoms with van der Waals surface area (Å²) in [5.74, 6) is -0.304. The molecule has 3 rings (SSSR count). The molecule has 0 unspecified atom stereocenters. The molecule has 0 atom stereocenters. The molecule has 1 aromatic heterocycles. The van der Waals surface area contributed by atoms with Crippen molar-refractivity contribution in [1.82, 2.24) is 9.99 Å². The average molecular weight is 385 g/mol. The van der Waals surface area contributed by atoms with Crippen molar-refractivity contribution in [2.45, 2.75) is 6.54 Å². The van der Waals surface area contributed by atoms with Crippen LogP contribution in [-0.4, -0.2) is 29.2 Å². The predicted molar refractivity (Wildman–Crippen MR) is 104 cm³/mol. The molecule has 0 aliphatic heterocycles. The number of hydrogen-bond acceptors (Lipinski definition) is 4. The Bertz CT molecular complexity index is 996. The zero-order valence-corrected chi connectivity index (χ0v) is 15.0. The quantitative estimate of drug-likeness (QED) is 0.483. The van der Waals surface area contributed by atoms with Crippen molar-refractivity contribution in [3.8, 4) is 5.75 Å². The highest BCUT2D eigenvalue weighted by Crippen LogP contribution is 2.20. The van der Waals surface area contributed by atoms with Crippen LogP contribution in [0.3, 0.4) is 0 Å². The van der Waals surface area contributed by atoms with Crippen molar-refractivity contribution in [3.05, 3.63) is 65.3 Å². The number of rotatable bonds is 7. The minimum absolute atomic E-state index is 0.0651. The number of para-hydroxylation sites is 1. The molecule has 0 bridgehead atoms.